The van der Waals surface area contributed by atoms with Crippen molar-refractivity contribution < 1.29 is 9.53 Å². The SMILES string of the molecule is CCCCCCCC(C)(C)C(=O)OCC. The van der Waals surface area contributed by atoms with Gasteiger partial charge >= 0.3 is 5.97 Å². The van der Waals surface area contributed by atoms with Crippen LogP contribution in [0.3, 0.4) is 0 Å². The van der Waals surface area contributed by atoms with E-state index in [9.17, 15) is 4.79 Å². The topological polar surface area (TPSA) is 26.3 Å². The molecule has 0 heterocycles. The number of hydrogen-bond acceptors (Lipinski definition) is 2. The van der Waals surface area contributed by atoms with Crippen molar-refractivity contribution in [1.82, 2.24) is 0 Å². The number of unbranched alkanes of at least 4 members (excludes halogenated alkanes) is 4. The maximum absolute atomic E-state index is 11.6. The zero-order chi connectivity index (χ0) is 11.7. The molecular weight excluding hydrogens is 188 g/mol. The molecule has 0 saturated heterocycles. The first-order valence-corrected chi connectivity index (χ1v) is 6.21. The highest BCUT2D eigenvalue weighted by atomic mass is 16.5. The molecule has 0 N–H and O–H groups in total. The first-order valence-electron chi connectivity index (χ1n) is 6.21. The molecule has 0 aliphatic carbocycles. The Morgan fingerprint density at radius 3 is 2.20 bits per heavy atom. The van der Waals surface area contributed by atoms with Crippen LogP contribution in [0.15, 0.2) is 0 Å². The second-order valence-electron chi connectivity index (χ2n) is 4.77. The van der Waals surface area contributed by atoms with Crippen molar-refractivity contribution in [3.8, 4) is 0 Å². The Morgan fingerprint density at radius 2 is 1.67 bits per heavy atom. The Kier molecular flexibility index (Phi) is 7.45. The lowest BCUT2D eigenvalue weighted by molar-refractivity contribution is -0.153. The van der Waals surface area contributed by atoms with Gasteiger partial charge in [-0.15, -0.1) is 0 Å². The molecule has 0 radical (unpaired) electrons. The van der Waals surface area contributed by atoms with E-state index in [0.717, 1.165) is 12.8 Å². The predicted octanol–water partition coefficient (Wildman–Crippen LogP) is 3.94. The second-order valence-corrected chi connectivity index (χ2v) is 4.77. The summed E-state index contributed by atoms with van der Waals surface area (Å²) in [4.78, 5) is 11.6. The summed E-state index contributed by atoms with van der Waals surface area (Å²) in [6.07, 6.45) is 7.16. The molecule has 0 atom stereocenters. The molecule has 2 heteroatoms. The molecule has 2 nitrogen and oxygen atoms in total. The molecule has 15 heavy (non-hydrogen) atoms. The standard InChI is InChI=1S/C13H26O2/c1-5-7-8-9-10-11-13(3,4)12(14)15-6-2/h5-11H2,1-4H3. The van der Waals surface area contributed by atoms with Gasteiger partial charge in [0, 0.05) is 0 Å². The largest absolute Gasteiger partial charge is 0.466 e. The van der Waals surface area contributed by atoms with E-state index < -0.39 is 0 Å². The van der Waals surface area contributed by atoms with Crippen molar-refractivity contribution in [2.75, 3.05) is 6.61 Å². The summed E-state index contributed by atoms with van der Waals surface area (Å²) in [5.41, 5.74) is -0.303. The van der Waals surface area contributed by atoms with Crippen LogP contribution >= 0.6 is 0 Å². The highest BCUT2D eigenvalue weighted by molar-refractivity contribution is 5.75. The van der Waals surface area contributed by atoms with Gasteiger partial charge in [-0.05, 0) is 27.2 Å². The minimum Gasteiger partial charge on any atom is -0.466 e. The van der Waals surface area contributed by atoms with Gasteiger partial charge in [-0.25, -0.2) is 0 Å². The van der Waals surface area contributed by atoms with Crippen LogP contribution in [0.25, 0.3) is 0 Å². The Hall–Kier alpha value is -0.530. The fourth-order valence-corrected chi connectivity index (χ4v) is 1.60. The molecule has 0 aliphatic rings. The van der Waals surface area contributed by atoms with E-state index in [1.54, 1.807) is 0 Å². The van der Waals surface area contributed by atoms with Crippen molar-refractivity contribution >= 4 is 5.97 Å². The molecular formula is C13H26O2. The first kappa shape index (κ1) is 14.5. The van der Waals surface area contributed by atoms with Crippen LogP contribution in [0.4, 0.5) is 0 Å². The lowest BCUT2D eigenvalue weighted by Gasteiger charge is -2.21. The summed E-state index contributed by atoms with van der Waals surface area (Å²) >= 11 is 0. The molecule has 0 aromatic carbocycles. The van der Waals surface area contributed by atoms with Gasteiger partial charge in [-0.2, -0.15) is 0 Å². The Morgan fingerprint density at radius 1 is 1.07 bits per heavy atom. The van der Waals surface area contributed by atoms with Crippen molar-refractivity contribution in [2.24, 2.45) is 5.41 Å². The number of rotatable bonds is 8. The van der Waals surface area contributed by atoms with Crippen molar-refractivity contribution in [3.63, 3.8) is 0 Å². The maximum Gasteiger partial charge on any atom is 0.311 e. The zero-order valence-electron chi connectivity index (χ0n) is 10.8. The third-order valence-corrected chi connectivity index (χ3v) is 2.73. The van der Waals surface area contributed by atoms with E-state index in [4.69, 9.17) is 4.74 Å². The molecule has 0 saturated carbocycles. The molecule has 0 bridgehead atoms. The van der Waals surface area contributed by atoms with Crippen LogP contribution in [-0.4, -0.2) is 12.6 Å². The monoisotopic (exact) mass is 214 g/mol. The first-order chi connectivity index (χ1) is 7.04. The van der Waals surface area contributed by atoms with Gasteiger partial charge in [0.2, 0.25) is 0 Å². The van der Waals surface area contributed by atoms with E-state index >= 15 is 0 Å². The van der Waals surface area contributed by atoms with Gasteiger partial charge in [0.15, 0.2) is 0 Å². The Bertz CT molecular complexity index is 173. The third-order valence-electron chi connectivity index (χ3n) is 2.73. The van der Waals surface area contributed by atoms with E-state index in [2.05, 4.69) is 6.92 Å². The average Bonchev–Trinajstić information content (AvgIpc) is 2.18. The van der Waals surface area contributed by atoms with Crippen LogP contribution in [0.2, 0.25) is 0 Å². The van der Waals surface area contributed by atoms with Crippen molar-refractivity contribution in [1.29, 1.82) is 0 Å². The normalized spacial score (nSPS) is 11.5. The summed E-state index contributed by atoms with van der Waals surface area (Å²) in [5, 5.41) is 0. The summed E-state index contributed by atoms with van der Waals surface area (Å²) in [6.45, 7) is 8.51. The van der Waals surface area contributed by atoms with Crippen molar-refractivity contribution in [3.05, 3.63) is 0 Å². The molecule has 0 amide bonds. The van der Waals surface area contributed by atoms with Gasteiger partial charge in [0.1, 0.15) is 0 Å². The Labute approximate surface area is 94.4 Å². The van der Waals surface area contributed by atoms with Gasteiger partial charge in [0.25, 0.3) is 0 Å². The molecule has 90 valence electrons. The number of carbonyl (C=O) groups excluding carboxylic acids is 1. The quantitative estimate of drug-likeness (QED) is 0.452. The third kappa shape index (κ3) is 6.53. The summed E-state index contributed by atoms with van der Waals surface area (Å²) in [7, 11) is 0. The summed E-state index contributed by atoms with van der Waals surface area (Å²) in [5.74, 6) is -0.0551. The fourth-order valence-electron chi connectivity index (χ4n) is 1.60. The minimum absolute atomic E-state index is 0.0551. The average molecular weight is 214 g/mol. The highest BCUT2D eigenvalue weighted by Crippen LogP contribution is 2.25. The number of hydrogen-bond donors (Lipinski definition) is 0. The van der Waals surface area contributed by atoms with E-state index in [1.165, 1.54) is 25.7 Å². The second kappa shape index (κ2) is 7.72. The van der Waals surface area contributed by atoms with Gasteiger partial charge in [-0.3, -0.25) is 4.79 Å². The number of esters is 1. The van der Waals surface area contributed by atoms with Crippen LogP contribution in [0.1, 0.15) is 66.2 Å². The minimum atomic E-state index is -0.303. The van der Waals surface area contributed by atoms with Crippen LogP contribution in [0.5, 0.6) is 0 Å². The van der Waals surface area contributed by atoms with Gasteiger partial charge in [-0.1, -0.05) is 39.0 Å². The highest BCUT2D eigenvalue weighted by Gasteiger charge is 2.28. The molecule has 0 aliphatic heterocycles. The molecule has 0 aromatic heterocycles. The maximum atomic E-state index is 11.6. The van der Waals surface area contributed by atoms with E-state index in [-0.39, 0.29) is 11.4 Å². The Balaban J connectivity index is 3.68. The molecule has 0 spiro atoms. The van der Waals surface area contributed by atoms with E-state index in [1.807, 2.05) is 20.8 Å². The molecule has 0 aromatic rings. The lowest BCUT2D eigenvalue weighted by atomic mass is 9.87. The fraction of sp³-hybridized carbons (Fsp3) is 0.923. The van der Waals surface area contributed by atoms with Crippen molar-refractivity contribution in [2.45, 2.75) is 66.2 Å². The summed E-state index contributed by atoms with van der Waals surface area (Å²) in [6, 6.07) is 0. The van der Waals surface area contributed by atoms with Gasteiger partial charge in [0.05, 0.1) is 12.0 Å². The molecule has 0 unspecified atom stereocenters. The van der Waals surface area contributed by atoms with E-state index in [0.29, 0.717) is 6.61 Å². The van der Waals surface area contributed by atoms with Crippen LogP contribution in [-0.2, 0) is 9.53 Å². The summed E-state index contributed by atoms with van der Waals surface area (Å²) < 4.78 is 5.05. The number of ether oxygens (including phenoxy) is 1. The van der Waals surface area contributed by atoms with Crippen LogP contribution in [0, 0.1) is 5.41 Å². The lowest BCUT2D eigenvalue weighted by Crippen LogP contribution is -2.26. The molecule has 0 rings (SSSR count). The smallest absolute Gasteiger partial charge is 0.311 e. The molecule has 0 fully saturated rings. The van der Waals surface area contributed by atoms with Crippen LogP contribution < -0.4 is 0 Å². The number of carbonyl (C=O) groups is 1. The predicted molar refractivity (Wildman–Crippen MR) is 63.8 cm³/mol. The zero-order valence-corrected chi connectivity index (χ0v) is 10.8. The van der Waals surface area contributed by atoms with Gasteiger partial charge < -0.3 is 4.74 Å².